The van der Waals surface area contributed by atoms with Crippen LogP contribution in [0, 0.1) is 19.8 Å². The molecule has 35 heavy (non-hydrogen) atoms. The summed E-state index contributed by atoms with van der Waals surface area (Å²) >= 11 is 0. The van der Waals surface area contributed by atoms with Crippen molar-refractivity contribution in [2.75, 3.05) is 36.0 Å². The third-order valence-corrected chi connectivity index (χ3v) is 6.57. The lowest BCUT2D eigenvalue weighted by Crippen LogP contribution is -2.53. The molecule has 0 radical (unpaired) electrons. The first-order chi connectivity index (χ1) is 16.8. The zero-order chi connectivity index (χ0) is 24.9. The summed E-state index contributed by atoms with van der Waals surface area (Å²) in [6, 6.07) is 10.6. The van der Waals surface area contributed by atoms with E-state index in [9.17, 15) is 4.79 Å². The molecule has 8 nitrogen and oxygen atoms in total. The quantitative estimate of drug-likeness (QED) is 0.561. The topological polar surface area (TPSA) is 87.1 Å². The monoisotopic (exact) mass is 473 g/mol. The predicted molar refractivity (Wildman–Crippen MR) is 139 cm³/mol. The Balaban J connectivity index is 1.41. The van der Waals surface area contributed by atoms with Gasteiger partial charge in [0.2, 0.25) is 0 Å². The molecule has 184 valence electrons. The van der Waals surface area contributed by atoms with Gasteiger partial charge in [0, 0.05) is 38.6 Å². The van der Waals surface area contributed by atoms with Gasteiger partial charge in [-0.25, -0.2) is 9.97 Å². The van der Waals surface area contributed by atoms with Crippen molar-refractivity contribution in [3.8, 4) is 0 Å². The van der Waals surface area contributed by atoms with Crippen LogP contribution >= 0.6 is 0 Å². The van der Waals surface area contributed by atoms with Crippen LogP contribution in [0.4, 0.5) is 11.6 Å². The second-order valence-electron chi connectivity index (χ2n) is 9.73. The predicted octanol–water partition coefficient (Wildman–Crippen LogP) is 3.58. The summed E-state index contributed by atoms with van der Waals surface area (Å²) < 4.78 is 0. The Bertz CT molecular complexity index is 1150. The number of nitrogens with one attached hydrogen (secondary N) is 1. The summed E-state index contributed by atoms with van der Waals surface area (Å²) in [5, 5.41) is 12.1. The van der Waals surface area contributed by atoms with Crippen LogP contribution in [0.1, 0.15) is 53.6 Å². The average molecular weight is 474 g/mol. The fourth-order valence-corrected chi connectivity index (χ4v) is 4.36. The molecule has 1 aliphatic heterocycles. The van der Waals surface area contributed by atoms with Gasteiger partial charge in [-0.1, -0.05) is 44.2 Å². The molecular weight excluding hydrogens is 438 g/mol. The highest BCUT2D eigenvalue weighted by atomic mass is 16.1. The van der Waals surface area contributed by atoms with Crippen molar-refractivity contribution in [3.05, 3.63) is 70.8 Å². The number of aromatic nitrogens is 4. The van der Waals surface area contributed by atoms with E-state index in [1.165, 1.54) is 16.7 Å². The van der Waals surface area contributed by atoms with Crippen LogP contribution in [0.25, 0.3) is 0 Å². The van der Waals surface area contributed by atoms with E-state index in [1.54, 1.807) is 12.4 Å². The number of carbonyl (C=O) groups excluding carboxylic acids is 1. The van der Waals surface area contributed by atoms with E-state index in [2.05, 4.69) is 94.2 Å². The molecule has 3 aromatic rings. The first-order valence-corrected chi connectivity index (χ1v) is 12.3. The van der Waals surface area contributed by atoms with E-state index in [0.29, 0.717) is 18.2 Å². The smallest absolute Gasteiger partial charge is 0.271 e. The van der Waals surface area contributed by atoms with Crippen molar-refractivity contribution in [3.63, 3.8) is 0 Å². The Kier molecular flexibility index (Phi) is 7.58. The Labute approximate surface area is 207 Å². The lowest BCUT2D eigenvalue weighted by molar-refractivity contribution is 0.0943. The van der Waals surface area contributed by atoms with Gasteiger partial charge >= 0.3 is 0 Å². The van der Waals surface area contributed by atoms with E-state index in [4.69, 9.17) is 0 Å². The molecule has 3 heterocycles. The lowest BCUT2D eigenvalue weighted by atomic mass is 10.0. The highest BCUT2D eigenvalue weighted by Gasteiger charge is 2.27. The standard InChI is InChI=1S/C27H35N7O/c1-18(2)14-30-27(35)24-15-29-25(16-28-24)34-12-11-33(17-19(34)3)26-21(5)20(4)23(31-32-26)13-22-9-7-6-8-10-22/h6-10,15-16,18-19H,11-14,17H2,1-5H3,(H,30,35). The van der Waals surface area contributed by atoms with Gasteiger partial charge in [0.05, 0.1) is 18.1 Å². The number of nitrogens with zero attached hydrogens (tertiary/aromatic N) is 6. The average Bonchev–Trinajstić information content (AvgIpc) is 2.86. The molecule has 4 rings (SSSR count). The molecule has 0 spiro atoms. The highest BCUT2D eigenvalue weighted by molar-refractivity contribution is 5.92. The van der Waals surface area contributed by atoms with Crippen LogP contribution in [0.5, 0.6) is 0 Å². The van der Waals surface area contributed by atoms with Gasteiger partial charge in [-0.2, -0.15) is 5.10 Å². The van der Waals surface area contributed by atoms with Gasteiger partial charge in [-0.15, -0.1) is 5.10 Å². The number of hydrogen-bond acceptors (Lipinski definition) is 7. The molecule has 0 aliphatic carbocycles. The molecule has 1 unspecified atom stereocenters. The van der Waals surface area contributed by atoms with Gasteiger partial charge < -0.3 is 15.1 Å². The third-order valence-electron chi connectivity index (χ3n) is 6.57. The van der Waals surface area contributed by atoms with Crippen molar-refractivity contribution >= 4 is 17.5 Å². The number of hydrogen-bond donors (Lipinski definition) is 1. The fraction of sp³-hybridized carbons (Fsp3) is 0.444. The van der Waals surface area contributed by atoms with Gasteiger partial charge in [0.15, 0.2) is 5.82 Å². The van der Waals surface area contributed by atoms with Crippen molar-refractivity contribution in [1.82, 2.24) is 25.5 Å². The summed E-state index contributed by atoms with van der Waals surface area (Å²) in [4.78, 5) is 25.7. The number of amides is 1. The van der Waals surface area contributed by atoms with Gasteiger partial charge in [-0.3, -0.25) is 4.79 Å². The Hall–Kier alpha value is -3.55. The van der Waals surface area contributed by atoms with Crippen LogP contribution in [-0.2, 0) is 6.42 Å². The van der Waals surface area contributed by atoms with Crippen molar-refractivity contribution in [2.45, 2.75) is 47.1 Å². The summed E-state index contributed by atoms with van der Waals surface area (Å²) in [5.74, 6) is 1.94. The summed E-state index contributed by atoms with van der Waals surface area (Å²) in [5.41, 5.74) is 4.99. The molecule has 8 heteroatoms. The lowest BCUT2D eigenvalue weighted by Gasteiger charge is -2.41. The van der Waals surface area contributed by atoms with Crippen molar-refractivity contribution < 1.29 is 4.79 Å². The summed E-state index contributed by atoms with van der Waals surface area (Å²) in [6.07, 6.45) is 4.05. The van der Waals surface area contributed by atoms with Crippen LogP contribution < -0.4 is 15.1 Å². The molecule has 1 saturated heterocycles. The van der Waals surface area contributed by atoms with Crippen LogP contribution in [-0.4, -0.2) is 58.3 Å². The van der Waals surface area contributed by atoms with Gasteiger partial charge in [0.25, 0.3) is 5.91 Å². The number of piperazine rings is 1. The number of carbonyl (C=O) groups is 1. The molecular formula is C27H35N7O. The van der Waals surface area contributed by atoms with E-state index in [0.717, 1.165) is 43.4 Å². The molecule has 1 amide bonds. The maximum absolute atomic E-state index is 12.2. The molecule has 1 atom stereocenters. The first kappa shape index (κ1) is 24.6. The molecule has 1 aliphatic rings. The van der Waals surface area contributed by atoms with E-state index in [1.807, 2.05) is 6.07 Å². The van der Waals surface area contributed by atoms with Crippen molar-refractivity contribution in [1.29, 1.82) is 0 Å². The molecule has 1 aromatic carbocycles. The zero-order valence-corrected chi connectivity index (χ0v) is 21.3. The normalized spacial score (nSPS) is 16.0. The zero-order valence-electron chi connectivity index (χ0n) is 21.3. The molecule has 1 N–H and O–H groups in total. The Morgan fingerprint density at radius 1 is 1.06 bits per heavy atom. The largest absolute Gasteiger partial charge is 0.351 e. The second-order valence-corrected chi connectivity index (χ2v) is 9.73. The first-order valence-electron chi connectivity index (χ1n) is 12.3. The van der Waals surface area contributed by atoms with Gasteiger partial charge in [-0.05, 0) is 43.4 Å². The van der Waals surface area contributed by atoms with Gasteiger partial charge in [0.1, 0.15) is 11.5 Å². The molecule has 0 bridgehead atoms. The van der Waals surface area contributed by atoms with E-state index < -0.39 is 0 Å². The minimum absolute atomic E-state index is 0.184. The van der Waals surface area contributed by atoms with E-state index >= 15 is 0 Å². The maximum Gasteiger partial charge on any atom is 0.271 e. The molecule has 1 fully saturated rings. The van der Waals surface area contributed by atoms with Crippen LogP contribution in [0.2, 0.25) is 0 Å². The molecule has 0 saturated carbocycles. The van der Waals surface area contributed by atoms with Crippen molar-refractivity contribution in [2.24, 2.45) is 5.92 Å². The van der Waals surface area contributed by atoms with E-state index in [-0.39, 0.29) is 11.9 Å². The minimum Gasteiger partial charge on any atom is -0.351 e. The number of anilines is 2. The summed E-state index contributed by atoms with van der Waals surface area (Å²) in [6.45, 7) is 13.6. The summed E-state index contributed by atoms with van der Waals surface area (Å²) in [7, 11) is 0. The molecule has 2 aromatic heterocycles. The van der Waals surface area contributed by atoms with Crippen LogP contribution in [0.15, 0.2) is 42.7 Å². The number of benzene rings is 1. The fourth-order valence-electron chi connectivity index (χ4n) is 4.36. The minimum atomic E-state index is -0.184. The maximum atomic E-state index is 12.2. The second kappa shape index (κ2) is 10.8. The Morgan fingerprint density at radius 3 is 2.49 bits per heavy atom. The Morgan fingerprint density at radius 2 is 1.83 bits per heavy atom. The van der Waals surface area contributed by atoms with Crippen LogP contribution in [0.3, 0.4) is 0 Å². The third kappa shape index (κ3) is 5.75. The highest BCUT2D eigenvalue weighted by Crippen LogP contribution is 2.26. The number of rotatable bonds is 7. The SMILES string of the molecule is Cc1c(Cc2ccccc2)nnc(N2CCN(c3cnc(C(=O)NCC(C)C)cn3)C(C)C2)c1C.